The molecule has 0 spiro atoms. The number of rotatable bonds is 5. The van der Waals surface area contributed by atoms with Gasteiger partial charge in [0.15, 0.2) is 0 Å². The summed E-state index contributed by atoms with van der Waals surface area (Å²) in [5, 5.41) is 3.18. The van der Waals surface area contributed by atoms with Crippen LogP contribution in [0.3, 0.4) is 0 Å². The molecule has 1 N–H and O–H groups in total. The Labute approximate surface area is 205 Å². The van der Waals surface area contributed by atoms with Gasteiger partial charge in [0.1, 0.15) is 11.8 Å². The Bertz CT molecular complexity index is 1100. The van der Waals surface area contributed by atoms with Gasteiger partial charge in [-0.15, -0.1) is 0 Å². The van der Waals surface area contributed by atoms with Crippen LogP contribution in [0.2, 0.25) is 5.02 Å². The molecule has 2 fully saturated rings. The molecule has 3 unspecified atom stereocenters. The number of hydrogen-bond acceptors (Lipinski definition) is 4. The Balaban J connectivity index is 1.60. The molecular weight excluding hydrogens is 454 g/mol. The second-order valence-corrected chi connectivity index (χ2v) is 9.57. The van der Waals surface area contributed by atoms with Gasteiger partial charge in [-0.2, -0.15) is 0 Å². The summed E-state index contributed by atoms with van der Waals surface area (Å²) in [6.07, 6.45) is 4.69. The topological polar surface area (TPSA) is 79.0 Å². The Hall–Kier alpha value is -3.06. The molecule has 1 aliphatic carbocycles. The number of anilines is 1. The first kappa shape index (κ1) is 24.1. The van der Waals surface area contributed by atoms with Crippen molar-refractivity contribution in [3.05, 3.63) is 58.6 Å². The number of carbonyl (C=O) groups is 3. The minimum atomic E-state index is -0.590. The molecule has 4 rings (SSSR count). The zero-order valence-corrected chi connectivity index (χ0v) is 20.5. The summed E-state index contributed by atoms with van der Waals surface area (Å²) < 4.78 is 5.42. The predicted molar refractivity (Wildman–Crippen MR) is 131 cm³/mol. The molecule has 3 atom stereocenters. The Kier molecular flexibility index (Phi) is 7.12. The number of fused-ring (bicyclic) bond motifs is 1. The van der Waals surface area contributed by atoms with Crippen molar-refractivity contribution in [1.29, 1.82) is 0 Å². The fourth-order valence-corrected chi connectivity index (χ4v) is 5.44. The van der Waals surface area contributed by atoms with Gasteiger partial charge < -0.3 is 19.9 Å². The fraction of sp³-hybridized carbons (Fsp3) is 0.423. The third kappa shape index (κ3) is 4.62. The number of amides is 3. The van der Waals surface area contributed by atoms with Crippen LogP contribution >= 0.6 is 11.6 Å². The molecule has 1 heterocycles. The molecule has 7 nitrogen and oxygen atoms in total. The van der Waals surface area contributed by atoms with Gasteiger partial charge in [0.2, 0.25) is 5.91 Å². The molecule has 1 saturated heterocycles. The minimum Gasteiger partial charge on any atom is -0.496 e. The van der Waals surface area contributed by atoms with Gasteiger partial charge in [-0.05, 0) is 55.5 Å². The summed E-state index contributed by atoms with van der Waals surface area (Å²) in [6.45, 7) is 0. The molecule has 2 aromatic rings. The molecule has 0 aromatic heterocycles. The maximum absolute atomic E-state index is 13.7. The Morgan fingerprint density at radius 2 is 1.79 bits per heavy atom. The first-order valence-corrected chi connectivity index (χ1v) is 12.0. The van der Waals surface area contributed by atoms with E-state index in [-0.39, 0.29) is 28.8 Å². The first-order chi connectivity index (χ1) is 16.3. The number of methoxy groups -OCH3 is 1. The van der Waals surface area contributed by atoms with Gasteiger partial charge in [-0.25, -0.2) is 0 Å². The normalized spacial score (nSPS) is 21.5. The van der Waals surface area contributed by atoms with Crippen molar-refractivity contribution in [2.45, 2.75) is 44.2 Å². The van der Waals surface area contributed by atoms with E-state index < -0.39 is 6.04 Å². The zero-order valence-electron chi connectivity index (χ0n) is 19.7. The lowest BCUT2D eigenvalue weighted by molar-refractivity contribution is -0.120. The van der Waals surface area contributed by atoms with Gasteiger partial charge in [0, 0.05) is 25.8 Å². The van der Waals surface area contributed by atoms with Crippen LogP contribution in [0.1, 0.15) is 52.8 Å². The van der Waals surface area contributed by atoms with Crippen LogP contribution in [0.15, 0.2) is 42.5 Å². The molecule has 1 saturated carbocycles. The monoisotopic (exact) mass is 483 g/mol. The van der Waals surface area contributed by atoms with E-state index in [4.69, 9.17) is 16.3 Å². The van der Waals surface area contributed by atoms with Gasteiger partial charge in [0.05, 0.1) is 23.3 Å². The van der Waals surface area contributed by atoms with Gasteiger partial charge in [-0.1, -0.05) is 36.6 Å². The van der Waals surface area contributed by atoms with Crippen LogP contribution in [0.25, 0.3) is 0 Å². The van der Waals surface area contributed by atoms with Crippen molar-refractivity contribution < 1.29 is 19.1 Å². The first-order valence-electron chi connectivity index (χ1n) is 11.6. The second kappa shape index (κ2) is 10.1. The van der Waals surface area contributed by atoms with Gasteiger partial charge >= 0.3 is 0 Å². The third-order valence-corrected chi connectivity index (χ3v) is 7.15. The van der Waals surface area contributed by atoms with E-state index in [2.05, 4.69) is 5.32 Å². The highest BCUT2D eigenvalue weighted by atomic mass is 35.5. The van der Waals surface area contributed by atoms with E-state index in [1.54, 1.807) is 55.4 Å². The van der Waals surface area contributed by atoms with Crippen LogP contribution in [-0.4, -0.2) is 60.8 Å². The minimum absolute atomic E-state index is 0.0330. The molecular formula is C26H30ClN3O4. The van der Waals surface area contributed by atoms with Crippen LogP contribution in [0.5, 0.6) is 5.75 Å². The Morgan fingerprint density at radius 3 is 2.50 bits per heavy atom. The lowest BCUT2D eigenvalue weighted by Crippen LogP contribution is -2.48. The average molecular weight is 484 g/mol. The number of benzene rings is 2. The smallest absolute Gasteiger partial charge is 0.258 e. The summed E-state index contributed by atoms with van der Waals surface area (Å²) in [5.74, 6) is 0.152. The molecule has 34 heavy (non-hydrogen) atoms. The number of carbonyl (C=O) groups excluding carboxylic acids is 3. The van der Waals surface area contributed by atoms with Crippen LogP contribution in [-0.2, 0) is 4.79 Å². The molecule has 0 radical (unpaired) electrons. The summed E-state index contributed by atoms with van der Waals surface area (Å²) in [6, 6.07) is 11.4. The van der Waals surface area contributed by atoms with Crippen molar-refractivity contribution in [1.82, 2.24) is 9.80 Å². The lowest BCUT2D eigenvalue weighted by atomic mass is 9.84. The molecule has 0 bridgehead atoms. The van der Waals surface area contributed by atoms with E-state index in [0.717, 1.165) is 25.7 Å². The highest BCUT2D eigenvalue weighted by Gasteiger charge is 2.48. The van der Waals surface area contributed by atoms with Gasteiger partial charge in [0.25, 0.3) is 11.8 Å². The van der Waals surface area contributed by atoms with E-state index in [0.29, 0.717) is 34.9 Å². The largest absolute Gasteiger partial charge is 0.496 e. The fourth-order valence-electron chi connectivity index (χ4n) is 5.18. The highest BCUT2D eigenvalue weighted by Crippen LogP contribution is 2.41. The third-order valence-electron chi connectivity index (χ3n) is 6.84. The Morgan fingerprint density at radius 1 is 1.06 bits per heavy atom. The summed E-state index contributed by atoms with van der Waals surface area (Å²) in [7, 11) is 4.85. The SMILES string of the molecule is COc1ccccc1C(=O)N1C(C(=O)Nc2ccc(C(=O)N(C)C)c(Cl)c2)CC2CCCCC21. The molecule has 3 amide bonds. The molecule has 2 aromatic carbocycles. The number of hydrogen-bond donors (Lipinski definition) is 1. The lowest BCUT2D eigenvalue weighted by Gasteiger charge is -2.34. The summed E-state index contributed by atoms with van der Waals surface area (Å²) in [4.78, 5) is 42.6. The number of likely N-dealkylation sites (tertiary alicyclic amines) is 1. The summed E-state index contributed by atoms with van der Waals surface area (Å²) >= 11 is 6.33. The van der Waals surface area contributed by atoms with Crippen LogP contribution < -0.4 is 10.1 Å². The van der Waals surface area contributed by atoms with Crippen LogP contribution in [0.4, 0.5) is 5.69 Å². The molecule has 2 aliphatic rings. The van der Waals surface area contributed by atoms with E-state index in [1.807, 2.05) is 6.07 Å². The van der Waals surface area contributed by atoms with Crippen molar-refractivity contribution in [2.24, 2.45) is 5.92 Å². The van der Waals surface area contributed by atoms with Crippen LogP contribution in [0, 0.1) is 5.92 Å². The van der Waals surface area contributed by atoms with Crippen molar-refractivity contribution in [3.63, 3.8) is 0 Å². The quantitative estimate of drug-likeness (QED) is 0.680. The highest BCUT2D eigenvalue weighted by molar-refractivity contribution is 6.34. The molecule has 1 aliphatic heterocycles. The molecule has 8 heteroatoms. The number of ether oxygens (including phenoxy) is 1. The molecule has 180 valence electrons. The van der Waals surface area contributed by atoms with Crippen molar-refractivity contribution >= 4 is 35.0 Å². The number of nitrogens with zero attached hydrogens (tertiary/aromatic N) is 2. The zero-order chi connectivity index (χ0) is 24.4. The van der Waals surface area contributed by atoms with Crippen molar-refractivity contribution in [2.75, 3.05) is 26.5 Å². The van der Waals surface area contributed by atoms with Gasteiger partial charge in [-0.3, -0.25) is 14.4 Å². The summed E-state index contributed by atoms with van der Waals surface area (Å²) in [5.41, 5.74) is 1.32. The van der Waals surface area contributed by atoms with E-state index in [9.17, 15) is 14.4 Å². The average Bonchev–Trinajstić information content (AvgIpc) is 3.23. The second-order valence-electron chi connectivity index (χ2n) is 9.16. The number of nitrogens with one attached hydrogen (secondary N) is 1. The maximum atomic E-state index is 13.7. The maximum Gasteiger partial charge on any atom is 0.258 e. The predicted octanol–water partition coefficient (Wildman–Crippen LogP) is 4.46. The standard InChI is InChI=1S/C26H30ClN3O4/c1-29(2)25(32)18-13-12-17(15-20(18)27)28-24(31)22-14-16-8-4-6-10-21(16)30(22)26(33)19-9-5-7-11-23(19)34-3/h5,7,9,11-13,15-16,21-22H,4,6,8,10,14H2,1-3H3,(H,28,31). The number of para-hydroxylation sites is 1. The van der Waals surface area contributed by atoms with E-state index >= 15 is 0 Å². The van der Waals surface area contributed by atoms with Crippen molar-refractivity contribution in [3.8, 4) is 5.75 Å². The van der Waals surface area contributed by atoms with E-state index in [1.165, 1.54) is 12.0 Å². The number of halogens is 1.